The maximum atomic E-state index is 13.0. The zero-order valence-corrected chi connectivity index (χ0v) is 17.0. The number of nitrogens with zero attached hydrogens (tertiary/aromatic N) is 5. The Morgan fingerprint density at radius 2 is 2.00 bits per heavy atom. The predicted octanol–water partition coefficient (Wildman–Crippen LogP) is 3.87. The number of hydrogen-bond donors (Lipinski definition) is 2. The molecule has 0 aromatic carbocycles. The summed E-state index contributed by atoms with van der Waals surface area (Å²) in [5, 5.41) is 7.15. The van der Waals surface area contributed by atoms with E-state index in [2.05, 4.69) is 25.4 Å². The number of aromatic amines is 1. The molecule has 0 atom stereocenters. The number of carbonyl (C=O) groups is 1. The van der Waals surface area contributed by atoms with Crippen molar-refractivity contribution < 1.29 is 18.0 Å². The van der Waals surface area contributed by atoms with Crippen molar-refractivity contribution in [3.8, 4) is 11.1 Å². The Kier molecular flexibility index (Phi) is 4.95. The second-order valence-corrected chi connectivity index (χ2v) is 7.78. The van der Waals surface area contributed by atoms with Crippen LogP contribution in [0.5, 0.6) is 0 Å². The third-order valence-electron chi connectivity index (χ3n) is 5.59. The van der Waals surface area contributed by atoms with Crippen molar-refractivity contribution in [2.75, 3.05) is 25.0 Å². The number of amides is 1. The average molecular weight is 443 g/mol. The van der Waals surface area contributed by atoms with Crippen LogP contribution in [-0.4, -0.2) is 61.2 Å². The van der Waals surface area contributed by atoms with Crippen LogP contribution in [0.4, 0.5) is 19.1 Å². The summed E-state index contributed by atoms with van der Waals surface area (Å²) < 4.78 is 38.9. The number of alkyl halides is 3. The monoisotopic (exact) mass is 443 g/mol. The highest BCUT2D eigenvalue weighted by atomic mass is 19.4. The van der Waals surface area contributed by atoms with Crippen LogP contribution in [-0.2, 0) is 0 Å². The largest absolute Gasteiger partial charge is 0.405 e. The van der Waals surface area contributed by atoms with E-state index in [1.165, 1.54) is 6.20 Å². The molecule has 1 fully saturated rings. The van der Waals surface area contributed by atoms with Crippen LogP contribution in [0.3, 0.4) is 0 Å². The number of rotatable bonds is 4. The molecule has 0 unspecified atom stereocenters. The second kappa shape index (κ2) is 7.81. The standard InChI is InChI=1S/C21H20F3N7O/c22-21(23,24)12-27-20-26-10-15-14(9-25-18(15)29-20)13-4-7-31-17(8-13)16(11-28-31)19(32)30-5-2-1-3-6-30/h4,7-11H,1-3,5-6,12H2,(H2,25,26,27,29). The maximum Gasteiger partial charge on any atom is 0.405 e. The highest BCUT2D eigenvalue weighted by Gasteiger charge is 2.27. The predicted molar refractivity (Wildman–Crippen MR) is 112 cm³/mol. The Morgan fingerprint density at radius 1 is 1.19 bits per heavy atom. The maximum absolute atomic E-state index is 13.0. The van der Waals surface area contributed by atoms with Crippen molar-refractivity contribution in [1.82, 2.24) is 29.5 Å². The first-order valence-electron chi connectivity index (χ1n) is 10.3. The van der Waals surface area contributed by atoms with E-state index in [1.807, 2.05) is 17.0 Å². The number of aromatic nitrogens is 5. The smallest absolute Gasteiger partial charge is 0.345 e. The first-order valence-corrected chi connectivity index (χ1v) is 10.3. The van der Waals surface area contributed by atoms with Gasteiger partial charge in [-0.25, -0.2) is 9.50 Å². The highest BCUT2D eigenvalue weighted by molar-refractivity contribution is 6.02. The van der Waals surface area contributed by atoms with Crippen LogP contribution in [0.1, 0.15) is 29.6 Å². The van der Waals surface area contributed by atoms with E-state index in [4.69, 9.17) is 0 Å². The Hall–Kier alpha value is -3.63. The molecule has 32 heavy (non-hydrogen) atoms. The Bertz CT molecular complexity index is 1290. The lowest BCUT2D eigenvalue weighted by Crippen LogP contribution is -2.35. The molecule has 0 saturated carbocycles. The Balaban J connectivity index is 1.47. The molecule has 1 saturated heterocycles. The summed E-state index contributed by atoms with van der Waals surface area (Å²) in [7, 11) is 0. The highest BCUT2D eigenvalue weighted by Crippen LogP contribution is 2.30. The van der Waals surface area contributed by atoms with Gasteiger partial charge < -0.3 is 15.2 Å². The summed E-state index contributed by atoms with van der Waals surface area (Å²) >= 11 is 0. The van der Waals surface area contributed by atoms with Crippen LogP contribution < -0.4 is 5.32 Å². The number of H-pyrrole nitrogens is 1. The molecule has 166 valence electrons. The lowest BCUT2D eigenvalue weighted by atomic mass is 10.1. The van der Waals surface area contributed by atoms with Crippen LogP contribution in [0.25, 0.3) is 27.7 Å². The van der Waals surface area contributed by atoms with Gasteiger partial charge in [0.1, 0.15) is 12.2 Å². The summed E-state index contributed by atoms with van der Waals surface area (Å²) in [6, 6.07) is 3.73. The molecule has 0 radical (unpaired) electrons. The summed E-state index contributed by atoms with van der Waals surface area (Å²) in [6.45, 7) is 0.290. The summed E-state index contributed by atoms with van der Waals surface area (Å²) in [4.78, 5) is 26.0. The molecule has 0 aliphatic carbocycles. The minimum Gasteiger partial charge on any atom is -0.345 e. The quantitative estimate of drug-likeness (QED) is 0.500. The zero-order valence-electron chi connectivity index (χ0n) is 17.0. The van der Waals surface area contributed by atoms with Crippen LogP contribution in [0.15, 0.2) is 36.9 Å². The minimum absolute atomic E-state index is 0.0282. The normalized spacial score (nSPS) is 14.9. The number of anilines is 1. The number of fused-ring (bicyclic) bond motifs is 2. The van der Waals surface area contributed by atoms with Crippen LogP contribution in [0.2, 0.25) is 0 Å². The SMILES string of the molecule is O=C(c1cnn2ccc(-c3c[nH]c4nc(NCC(F)(F)F)ncc34)cc12)N1CCCCC1. The fraction of sp³-hybridized carbons (Fsp3) is 0.333. The molecule has 1 amide bonds. The van der Waals surface area contributed by atoms with Crippen LogP contribution in [0, 0.1) is 0 Å². The number of halogens is 3. The van der Waals surface area contributed by atoms with Crippen molar-refractivity contribution in [3.05, 3.63) is 42.5 Å². The van der Waals surface area contributed by atoms with Crippen molar-refractivity contribution in [2.45, 2.75) is 25.4 Å². The first kappa shape index (κ1) is 20.3. The molecule has 1 aliphatic heterocycles. The topological polar surface area (TPSA) is 91.2 Å². The van der Waals surface area contributed by atoms with Gasteiger partial charge in [0.2, 0.25) is 5.95 Å². The molecule has 11 heteroatoms. The fourth-order valence-corrected chi connectivity index (χ4v) is 3.99. The van der Waals surface area contributed by atoms with Crippen molar-refractivity contribution >= 4 is 28.4 Å². The van der Waals surface area contributed by atoms with Gasteiger partial charge in [-0.05, 0) is 37.0 Å². The Morgan fingerprint density at radius 3 is 2.78 bits per heavy atom. The van der Waals surface area contributed by atoms with Gasteiger partial charge in [0.05, 0.1) is 17.3 Å². The molecular weight excluding hydrogens is 423 g/mol. The van der Waals surface area contributed by atoms with Crippen molar-refractivity contribution in [3.63, 3.8) is 0 Å². The van der Waals surface area contributed by atoms with Gasteiger partial charge in [-0.15, -0.1) is 0 Å². The Labute approximate surface area is 180 Å². The lowest BCUT2D eigenvalue weighted by Gasteiger charge is -2.26. The fourth-order valence-electron chi connectivity index (χ4n) is 3.99. The molecule has 5 heterocycles. The number of hydrogen-bond acceptors (Lipinski definition) is 5. The van der Waals surface area contributed by atoms with Gasteiger partial charge >= 0.3 is 6.18 Å². The summed E-state index contributed by atoms with van der Waals surface area (Å²) in [5.41, 5.74) is 3.25. The van der Waals surface area contributed by atoms with Gasteiger partial charge in [0, 0.05) is 42.6 Å². The molecule has 4 aromatic rings. The molecule has 8 nitrogen and oxygen atoms in total. The summed E-state index contributed by atoms with van der Waals surface area (Å²) in [6.07, 6.45) is 5.36. The van der Waals surface area contributed by atoms with Crippen molar-refractivity contribution in [2.24, 2.45) is 0 Å². The van der Waals surface area contributed by atoms with Gasteiger partial charge in [0.25, 0.3) is 5.91 Å². The summed E-state index contributed by atoms with van der Waals surface area (Å²) in [5.74, 6) is -0.136. The second-order valence-electron chi connectivity index (χ2n) is 7.78. The van der Waals surface area contributed by atoms with Crippen LogP contribution >= 0.6 is 0 Å². The molecule has 2 N–H and O–H groups in total. The number of likely N-dealkylation sites (tertiary alicyclic amines) is 1. The number of piperidine rings is 1. The van der Waals surface area contributed by atoms with E-state index in [1.54, 1.807) is 23.1 Å². The molecule has 0 bridgehead atoms. The number of pyridine rings is 1. The van der Waals surface area contributed by atoms with E-state index in [0.29, 0.717) is 22.1 Å². The zero-order chi connectivity index (χ0) is 22.3. The number of carbonyl (C=O) groups excluding carboxylic acids is 1. The third kappa shape index (κ3) is 3.85. The minimum atomic E-state index is -4.36. The molecule has 4 aromatic heterocycles. The molecule has 5 rings (SSSR count). The van der Waals surface area contributed by atoms with Gasteiger partial charge in [-0.1, -0.05) is 0 Å². The molecule has 0 spiro atoms. The number of nitrogens with one attached hydrogen (secondary N) is 2. The first-order chi connectivity index (χ1) is 15.4. The van der Waals surface area contributed by atoms with Crippen molar-refractivity contribution in [1.29, 1.82) is 0 Å². The van der Waals surface area contributed by atoms with Gasteiger partial charge in [-0.3, -0.25) is 4.79 Å². The third-order valence-corrected chi connectivity index (χ3v) is 5.59. The molecular formula is C21H20F3N7O. The molecule has 1 aliphatic rings. The van der Waals surface area contributed by atoms with Gasteiger partial charge in [-0.2, -0.15) is 23.3 Å². The van der Waals surface area contributed by atoms with E-state index in [0.717, 1.165) is 43.5 Å². The van der Waals surface area contributed by atoms with E-state index in [9.17, 15) is 18.0 Å². The van der Waals surface area contributed by atoms with E-state index < -0.39 is 12.7 Å². The average Bonchev–Trinajstić information content (AvgIpc) is 3.40. The lowest BCUT2D eigenvalue weighted by molar-refractivity contribution is -0.115. The van der Waals surface area contributed by atoms with Gasteiger partial charge in [0.15, 0.2) is 0 Å². The van der Waals surface area contributed by atoms with E-state index >= 15 is 0 Å². The van der Waals surface area contributed by atoms with E-state index in [-0.39, 0.29) is 11.9 Å².